The van der Waals surface area contributed by atoms with Gasteiger partial charge >= 0.3 is 5.97 Å². The number of nitrogens with two attached hydrogens (primary N) is 1. The molecule has 0 aliphatic carbocycles. The van der Waals surface area contributed by atoms with E-state index in [0.29, 0.717) is 24.7 Å². The van der Waals surface area contributed by atoms with Crippen LogP contribution in [0.3, 0.4) is 0 Å². The van der Waals surface area contributed by atoms with Gasteiger partial charge in [-0.25, -0.2) is 9.97 Å². The van der Waals surface area contributed by atoms with E-state index in [4.69, 9.17) is 10.5 Å². The van der Waals surface area contributed by atoms with Crippen LogP contribution in [-0.2, 0) is 16.1 Å². The van der Waals surface area contributed by atoms with Crippen molar-refractivity contribution in [2.24, 2.45) is 0 Å². The maximum absolute atomic E-state index is 11.3. The summed E-state index contributed by atoms with van der Waals surface area (Å²) in [5.74, 6) is 0.118. The van der Waals surface area contributed by atoms with E-state index in [1.807, 2.05) is 6.07 Å². The third-order valence-electron chi connectivity index (χ3n) is 2.38. The summed E-state index contributed by atoms with van der Waals surface area (Å²) in [6, 6.07) is 3.63. The summed E-state index contributed by atoms with van der Waals surface area (Å²) in [6.45, 7) is 2.59. The molecule has 2 N–H and O–H groups in total. The minimum absolute atomic E-state index is 0.246. The van der Waals surface area contributed by atoms with Crippen molar-refractivity contribution in [1.82, 2.24) is 14.5 Å². The highest BCUT2D eigenvalue weighted by molar-refractivity contribution is 5.74. The van der Waals surface area contributed by atoms with Crippen molar-refractivity contribution in [1.29, 1.82) is 0 Å². The van der Waals surface area contributed by atoms with Crippen molar-refractivity contribution >= 4 is 23.1 Å². The molecule has 0 saturated heterocycles. The number of carbonyl (C=O) groups excluding carboxylic acids is 1. The largest absolute Gasteiger partial charge is 0.466 e. The highest BCUT2D eigenvalue weighted by Gasteiger charge is 2.10. The number of carbonyl (C=O) groups is 1. The lowest BCUT2D eigenvalue weighted by Gasteiger charge is -2.05. The van der Waals surface area contributed by atoms with E-state index in [1.54, 1.807) is 23.8 Å². The molecule has 0 saturated carbocycles. The maximum atomic E-state index is 11.3. The number of rotatable bonds is 4. The Balaban J connectivity index is 2.18. The van der Waals surface area contributed by atoms with Gasteiger partial charge in [-0.3, -0.25) is 9.36 Å². The molecular formula is C11H14N4O2. The lowest BCUT2D eigenvalue weighted by atomic mass is 10.4. The highest BCUT2D eigenvalue weighted by atomic mass is 16.5. The first-order valence-corrected chi connectivity index (χ1v) is 5.44. The summed E-state index contributed by atoms with van der Waals surface area (Å²) in [6.07, 6.45) is 1.93. The number of fused-ring (bicyclic) bond motifs is 1. The molecule has 6 heteroatoms. The topological polar surface area (TPSA) is 83.0 Å². The van der Waals surface area contributed by atoms with Gasteiger partial charge in [0.1, 0.15) is 5.52 Å². The molecule has 0 aliphatic rings. The molecule has 2 rings (SSSR count). The molecule has 2 aromatic heterocycles. The van der Waals surface area contributed by atoms with Crippen LogP contribution in [0.4, 0.5) is 5.95 Å². The first kappa shape index (κ1) is 11.4. The fourth-order valence-corrected chi connectivity index (χ4v) is 1.63. The Labute approximate surface area is 98.4 Å². The number of ether oxygens (including phenoxy) is 1. The average molecular weight is 234 g/mol. The van der Waals surface area contributed by atoms with E-state index in [2.05, 4.69) is 9.97 Å². The van der Waals surface area contributed by atoms with Gasteiger partial charge in [0.2, 0.25) is 5.95 Å². The van der Waals surface area contributed by atoms with Gasteiger partial charge < -0.3 is 10.5 Å². The molecule has 0 unspecified atom stereocenters. The van der Waals surface area contributed by atoms with Gasteiger partial charge in [-0.2, -0.15) is 0 Å². The molecule has 90 valence electrons. The van der Waals surface area contributed by atoms with Crippen molar-refractivity contribution in [2.75, 3.05) is 12.3 Å². The number of aryl methyl sites for hydroxylation is 1. The second kappa shape index (κ2) is 4.82. The lowest BCUT2D eigenvalue weighted by molar-refractivity contribution is -0.143. The zero-order chi connectivity index (χ0) is 12.3. The summed E-state index contributed by atoms with van der Waals surface area (Å²) >= 11 is 0. The second-order valence-electron chi connectivity index (χ2n) is 3.52. The first-order chi connectivity index (χ1) is 8.22. The van der Waals surface area contributed by atoms with E-state index in [1.165, 1.54) is 0 Å². The maximum Gasteiger partial charge on any atom is 0.307 e. The highest BCUT2D eigenvalue weighted by Crippen LogP contribution is 2.15. The molecule has 0 bridgehead atoms. The Bertz CT molecular complexity index is 535. The van der Waals surface area contributed by atoms with Crippen LogP contribution in [-0.4, -0.2) is 27.1 Å². The second-order valence-corrected chi connectivity index (χ2v) is 3.52. The number of hydrogen-bond acceptors (Lipinski definition) is 5. The van der Waals surface area contributed by atoms with Crippen LogP contribution in [0.25, 0.3) is 11.2 Å². The molecule has 0 spiro atoms. The van der Waals surface area contributed by atoms with E-state index in [9.17, 15) is 4.79 Å². The fraction of sp³-hybridized carbons (Fsp3) is 0.364. The fourth-order valence-electron chi connectivity index (χ4n) is 1.63. The molecule has 2 heterocycles. The van der Waals surface area contributed by atoms with Crippen LogP contribution in [0.15, 0.2) is 18.3 Å². The van der Waals surface area contributed by atoms with Gasteiger partial charge in [0.15, 0.2) is 5.65 Å². The van der Waals surface area contributed by atoms with E-state index in [0.717, 1.165) is 5.52 Å². The number of nitrogens with zero attached hydrogens (tertiary/aromatic N) is 3. The minimum Gasteiger partial charge on any atom is -0.466 e. The number of hydrogen-bond donors (Lipinski definition) is 1. The normalized spacial score (nSPS) is 10.6. The number of anilines is 1. The smallest absolute Gasteiger partial charge is 0.307 e. The van der Waals surface area contributed by atoms with Crippen LogP contribution >= 0.6 is 0 Å². The van der Waals surface area contributed by atoms with Crippen LogP contribution < -0.4 is 5.73 Å². The van der Waals surface area contributed by atoms with Gasteiger partial charge in [0.05, 0.1) is 13.0 Å². The molecule has 0 aliphatic heterocycles. The van der Waals surface area contributed by atoms with Gasteiger partial charge in [-0.1, -0.05) is 0 Å². The number of esters is 1. The van der Waals surface area contributed by atoms with Crippen LogP contribution in [0.1, 0.15) is 13.3 Å². The van der Waals surface area contributed by atoms with E-state index < -0.39 is 0 Å². The number of imidazole rings is 1. The van der Waals surface area contributed by atoms with Crippen molar-refractivity contribution in [3.8, 4) is 0 Å². The van der Waals surface area contributed by atoms with Gasteiger partial charge in [-0.15, -0.1) is 0 Å². The molecule has 0 amide bonds. The Morgan fingerprint density at radius 2 is 2.41 bits per heavy atom. The van der Waals surface area contributed by atoms with E-state index in [-0.39, 0.29) is 12.4 Å². The quantitative estimate of drug-likeness (QED) is 0.797. The average Bonchev–Trinajstić information content (AvgIpc) is 2.62. The molecule has 0 aromatic carbocycles. The Morgan fingerprint density at radius 3 is 3.18 bits per heavy atom. The van der Waals surface area contributed by atoms with Crippen molar-refractivity contribution in [2.45, 2.75) is 19.9 Å². The van der Waals surface area contributed by atoms with Crippen LogP contribution in [0, 0.1) is 0 Å². The molecule has 17 heavy (non-hydrogen) atoms. The summed E-state index contributed by atoms with van der Waals surface area (Å²) in [4.78, 5) is 19.6. The molecule has 0 radical (unpaired) electrons. The number of aromatic nitrogens is 3. The predicted octanol–water partition coefficient (Wildman–Crippen LogP) is 0.967. The van der Waals surface area contributed by atoms with Crippen LogP contribution in [0.2, 0.25) is 0 Å². The minimum atomic E-state index is -0.246. The lowest BCUT2D eigenvalue weighted by Crippen LogP contribution is -2.11. The molecule has 0 atom stereocenters. The van der Waals surface area contributed by atoms with Gasteiger partial charge in [0.25, 0.3) is 0 Å². The number of pyridine rings is 1. The zero-order valence-electron chi connectivity index (χ0n) is 9.59. The third kappa shape index (κ3) is 2.35. The van der Waals surface area contributed by atoms with Crippen molar-refractivity contribution in [3.63, 3.8) is 0 Å². The first-order valence-electron chi connectivity index (χ1n) is 5.44. The molecule has 0 fully saturated rings. The predicted molar refractivity (Wildman–Crippen MR) is 63.2 cm³/mol. The summed E-state index contributed by atoms with van der Waals surface area (Å²) < 4.78 is 6.57. The van der Waals surface area contributed by atoms with Gasteiger partial charge in [0, 0.05) is 12.7 Å². The van der Waals surface area contributed by atoms with Crippen LogP contribution in [0.5, 0.6) is 0 Å². The standard InChI is InChI=1S/C11H14N4O2/c1-2-17-9(16)5-7-15-10-8(14-11(15)12)4-3-6-13-10/h3-4,6H,2,5,7H2,1H3,(H2,12,14). The Hall–Kier alpha value is -2.11. The third-order valence-corrected chi connectivity index (χ3v) is 2.38. The summed E-state index contributed by atoms with van der Waals surface area (Å²) in [5.41, 5.74) is 7.19. The molecular weight excluding hydrogens is 220 g/mol. The van der Waals surface area contributed by atoms with Crippen molar-refractivity contribution < 1.29 is 9.53 Å². The molecule has 2 aromatic rings. The Kier molecular flexibility index (Phi) is 3.22. The zero-order valence-corrected chi connectivity index (χ0v) is 9.59. The Morgan fingerprint density at radius 1 is 1.59 bits per heavy atom. The summed E-state index contributed by atoms with van der Waals surface area (Å²) in [7, 11) is 0. The van der Waals surface area contributed by atoms with E-state index >= 15 is 0 Å². The monoisotopic (exact) mass is 234 g/mol. The molecule has 6 nitrogen and oxygen atoms in total. The summed E-state index contributed by atoms with van der Waals surface area (Å²) in [5, 5.41) is 0. The van der Waals surface area contributed by atoms with Gasteiger partial charge in [-0.05, 0) is 19.1 Å². The SMILES string of the molecule is CCOC(=O)CCn1c(N)nc2cccnc21. The number of nitrogen functional groups attached to an aromatic ring is 1. The van der Waals surface area contributed by atoms with Crippen molar-refractivity contribution in [3.05, 3.63) is 18.3 Å².